The Morgan fingerprint density at radius 1 is 1.14 bits per heavy atom. The van der Waals surface area contributed by atoms with Gasteiger partial charge in [-0.25, -0.2) is 0 Å². The van der Waals surface area contributed by atoms with Gasteiger partial charge in [0.25, 0.3) is 5.91 Å². The van der Waals surface area contributed by atoms with Gasteiger partial charge in [-0.3, -0.25) is 4.79 Å². The summed E-state index contributed by atoms with van der Waals surface area (Å²) in [6.45, 7) is 6.82. The molecule has 0 fully saturated rings. The molecule has 3 nitrogen and oxygen atoms in total. The Hall–Kier alpha value is -1.81. The quantitative estimate of drug-likeness (QED) is 0.838. The third kappa shape index (κ3) is 3.64. The molecule has 110 valence electrons. The maximum absolute atomic E-state index is 12.5. The van der Waals surface area contributed by atoms with E-state index in [9.17, 15) is 4.79 Å². The Morgan fingerprint density at radius 3 is 2.38 bits per heavy atom. The van der Waals surface area contributed by atoms with Crippen molar-refractivity contribution >= 4 is 33.2 Å². The highest BCUT2D eigenvalue weighted by molar-refractivity contribution is 9.10. The highest BCUT2D eigenvalue weighted by Crippen LogP contribution is 2.26. The van der Waals surface area contributed by atoms with Crippen molar-refractivity contribution in [2.45, 2.75) is 20.8 Å². The summed E-state index contributed by atoms with van der Waals surface area (Å²) in [7, 11) is 0. The molecule has 0 saturated heterocycles. The third-order valence-corrected chi connectivity index (χ3v) is 4.48. The van der Waals surface area contributed by atoms with Gasteiger partial charge in [0.2, 0.25) is 0 Å². The van der Waals surface area contributed by atoms with Gasteiger partial charge in [0.15, 0.2) is 0 Å². The van der Waals surface area contributed by atoms with Crippen LogP contribution in [0.4, 0.5) is 11.4 Å². The Bertz CT molecular complexity index is 645. The first kappa shape index (κ1) is 15.6. The van der Waals surface area contributed by atoms with Crippen LogP contribution in [-0.2, 0) is 0 Å². The fourth-order valence-corrected chi connectivity index (χ4v) is 2.47. The molecule has 0 saturated carbocycles. The number of para-hydroxylation sites is 1. The van der Waals surface area contributed by atoms with Gasteiger partial charge < -0.3 is 10.6 Å². The van der Waals surface area contributed by atoms with Gasteiger partial charge in [-0.1, -0.05) is 28.1 Å². The van der Waals surface area contributed by atoms with Gasteiger partial charge in [-0.2, -0.15) is 0 Å². The van der Waals surface area contributed by atoms with Crippen LogP contribution in [-0.4, -0.2) is 12.5 Å². The minimum Gasteiger partial charge on any atom is -0.385 e. The summed E-state index contributed by atoms with van der Waals surface area (Å²) in [5.41, 5.74) is 4.51. The first-order valence-electron chi connectivity index (χ1n) is 6.94. The van der Waals surface area contributed by atoms with Crippen LogP contribution in [0.25, 0.3) is 0 Å². The van der Waals surface area contributed by atoms with Crippen LogP contribution in [0, 0.1) is 13.8 Å². The molecule has 0 spiro atoms. The van der Waals surface area contributed by atoms with Gasteiger partial charge >= 0.3 is 0 Å². The van der Waals surface area contributed by atoms with Gasteiger partial charge in [-0.15, -0.1) is 0 Å². The predicted molar refractivity (Wildman–Crippen MR) is 92.2 cm³/mol. The number of carbonyl (C=O) groups is 1. The Balaban J connectivity index is 2.26. The molecule has 0 unspecified atom stereocenters. The molecule has 21 heavy (non-hydrogen) atoms. The molecule has 2 aromatic carbocycles. The Kier molecular flexibility index (Phi) is 5.02. The van der Waals surface area contributed by atoms with Crippen LogP contribution >= 0.6 is 15.9 Å². The van der Waals surface area contributed by atoms with E-state index in [2.05, 4.69) is 26.6 Å². The minimum absolute atomic E-state index is 0.104. The third-order valence-electron chi connectivity index (χ3n) is 3.23. The molecular weight excluding hydrogens is 328 g/mol. The molecule has 0 radical (unpaired) electrons. The number of amides is 1. The van der Waals surface area contributed by atoms with Crippen molar-refractivity contribution in [2.24, 2.45) is 0 Å². The van der Waals surface area contributed by atoms with E-state index in [-0.39, 0.29) is 5.91 Å². The van der Waals surface area contributed by atoms with Crippen molar-refractivity contribution < 1.29 is 4.79 Å². The largest absolute Gasteiger partial charge is 0.385 e. The summed E-state index contributed by atoms with van der Waals surface area (Å²) < 4.78 is 1.08. The lowest BCUT2D eigenvalue weighted by molar-refractivity contribution is 0.102. The molecule has 2 N–H and O–H groups in total. The normalized spacial score (nSPS) is 10.3. The number of rotatable bonds is 4. The average molecular weight is 347 g/mol. The summed E-state index contributed by atoms with van der Waals surface area (Å²) in [6.07, 6.45) is 0. The first-order valence-corrected chi connectivity index (χ1v) is 7.73. The number of anilines is 2. The van der Waals surface area contributed by atoms with E-state index in [1.54, 1.807) is 0 Å². The smallest absolute Gasteiger partial charge is 0.257 e. The van der Waals surface area contributed by atoms with Crippen LogP contribution in [0.1, 0.15) is 28.4 Å². The van der Waals surface area contributed by atoms with Crippen molar-refractivity contribution in [3.8, 4) is 0 Å². The second kappa shape index (κ2) is 6.76. The topological polar surface area (TPSA) is 41.1 Å². The number of hydrogen-bond donors (Lipinski definition) is 2. The van der Waals surface area contributed by atoms with Crippen molar-refractivity contribution in [1.82, 2.24) is 0 Å². The summed E-state index contributed by atoms with van der Waals surface area (Å²) in [4.78, 5) is 12.5. The van der Waals surface area contributed by atoms with Crippen molar-refractivity contribution in [3.05, 3.63) is 57.6 Å². The lowest BCUT2D eigenvalue weighted by atomic mass is 10.1. The van der Waals surface area contributed by atoms with E-state index in [0.717, 1.165) is 33.5 Å². The van der Waals surface area contributed by atoms with Crippen LogP contribution in [0.15, 0.2) is 40.9 Å². The molecule has 0 bridgehead atoms. The van der Waals surface area contributed by atoms with E-state index in [1.807, 2.05) is 57.2 Å². The fraction of sp³-hybridized carbons (Fsp3) is 0.235. The SMILES string of the molecule is CCNc1ccccc1C(=O)Nc1cc(C)c(Br)c(C)c1. The van der Waals surface area contributed by atoms with Crippen molar-refractivity contribution in [1.29, 1.82) is 0 Å². The molecule has 0 aliphatic carbocycles. The summed E-state index contributed by atoms with van der Waals surface area (Å²) in [5.74, 6) is -0.104. The van der Waals surface area contributed by atoms with Gasteiger partial charge in [-0.05, 0) is 56.2 Å². The number of benzene rings is 2. The van der Waals surface area contributed by atoms with Crippen LogP contribution in [0.5, 0.6) is 0 Å². The zero-order chi connectivity index (χ0) is 15.4. The van der Waals surface area contributed by atoms with Crippen LogP contribution < -0.4 is 10.6 Å². The Labute approximate surface area is 133 Å². The first-order chi connectivity index (χ1) is 10.0. The molecule has 0 heterocycles. The molecular formula is C17H19BrN2O. The molecule has 2 rings (SSSR count). The second-order valence-electron chi connectivity index (χ2n) is 4.95. The van der Waals surface area contributed by atoms with Gasteiger partial charge in [0.05, 0.1) is 5.56 Å². The van der Waals surface area contributed by atoms with E-state index >= 15 is 0 Å². The highest BCUT2D eigenvalue weighted by Gasteiger charge is 2.11. The molecule has 0 aromatic heterocycles. The number of carbonyl (C=O) groups excluding carboxylic acids is 1. The second-order valence-corrected chi connectivity index (χ2v) is 5.75. The maximum atomic E-state index is 12.5. The Morgan fingerprint density at radius 2 is 1.76 bits per heavy atom. The van der Waals surface area contributed by atoms with E-state index < -0.39 is 0 Å². The number of nitrogens with one attached hydrogen (secondary N) is 2. The average Bonchev–Trinajstić information content (AvgIpc) is 2.45. The summed E-state index contributed by atoms with van der Waals surface area (Å²) in [5, 5.41) is 6.17. The van der Waals surface area contributed by atoms with Gasteiger partial charge in [0.1, 0.15) is 0 Å². The number of hydrogen-bond acceptors (Lipinski definition) is 2. The van der Waals surface area contributed by atoms with E-state index in [1.165, 1.54) is 0 Å². The lowest BCUT2D eigenvalue weighted by Gasteiger charge is -2.12. The predicted octanol–water partition coefficient (Wildman–Crippen LogP) is 4.75. The summed E-state index contributed by atoms with van der Waals surface area (Å²) >= 11 is 3.53. The number of aryl methyl sites for hydroxylation is 2. The molecule has 0 atom stereocenters. The molecule has 2 aromatic rings. The molecule has 4 heteroatoms. The van der Waals surface area contributed by atoms with E-state index in [0.29, 0.717) is 5.56 Å². The summed E-state index contributed by atoms with van der Waals surface area (Å²) in [6, 6.07) is 11.5. The monoisotopic (exact) mass is 346 g/mol. The zero-order valence-corrected chi connectivity index (χ0v) is 14.0. The van der Waals surface area contributed by atoms with Crippen LogP contribution in [0.2, 0.25) is 0 Å². The van der Waals surface area contributed by atoms with Crippen molar-refractivity contribution in [3.63, 3.8) is 0 Å². The molecule has 1 amide bonds. The van der Waals surface area contributed by atoms with Crippen molar-refractivity contribution in [2.75, 3.05) is 17.2 Å². The number of halogens is 1. The lowest BCUT2D eigenvalue weighted by Crippen LogP contribution is -2.15. The van der Waals surface area contributed by atoms with Crippen LogP contribution in [0.3, 0.4) is 0 Å². The van der Waals surface area contributed by atoms with Gasteiger partial charge in [0, 0.05) is 22.4 Å². The molecule has 0 aliphatic heterocycles. The fourth-order valence-electron chi connectivity index (χ4n) is 2.24. The maximum Gasteiger partial charge on any atom is 0.257 e. The standard InChI is InChI=1S/C17H19BrN2O/c1-4-19-15-8-6-5-7-14(15)17(21)20-13-9-11(2)16(18)12(3)10-13/h5-10,19H,4H2,1-3H3,(H,20,21). The van der Waals surface area contributed by atoms with E-state index in [4.69, 9.17) is 0 Å². The molecule has 0 aliphatic rings. The zero-order valence-electron chi connectivity index (χ0n) is 12.5. The minimum atomic E-state index is -0.104. The highest BCUT2D eigenvalue weighted by atomic mass is 79.9.